The lowest BCUT2D eigenvalue weighted by Gasteiger charge is -2.13. The van der Waals surface area contributed by atoms with Crippen molar-refractivity contribution in [1.82, 2.24) is 29.9 Å². The fourth-order valence-electron chi connectivity index (χ4n) is 5.33. The van der Waals surface area contributed by atoms with Gasteiger partial charge in [0.1, 0.15) is 5.69 Å². The number of hydrogen-bond acceptors (Lipinski definition) is 6. The molecule has 0 saturated carbocycles. The molecule has 6 heteroatoms. The molecule has 0 atom stereocenters. The van der Waals surface area contributed by atoms with Crippen molar-refractivity contribution in [1.29, 1.82) is 0 Å². The molecule has 0 aliphatic heterocycles. The predicted molar refractivity (Wildman–Crippen MR) is 160 cm³/mol. The highest BCUT2D eigenvalue weighted by Crippen LogP contribution is 2.36. The Balaban J connectivity index is 1.45. The summed E-state index contributed by atoms with van der Waals surface area (Å²) in [7, 11) is 0. The van der Waals surface area contributed by atoms with Gasteiger partial charge in [-0.15, -0.1) is 0 Å². The Labute approximate surface area is 229 Å². The van der Waals surface area contributed by atoms with Crippen LogP contribution < -0.4 is 0 Å². The Morgan fingerprint density at radius 3 is 1.80 bits per heavy atom. The molecule has 186 valence electrons. The first-order valence-electron chi connectivity index (χ1n) is 13.1. The van der Waals surface area contributed by atoms with Gasteiger partial charge in [-0.1, -0.05) is 103 Å². The quantitative estimate of drug-likeness (QED) is 0.226. The number of nitrogens with zero attached hydrogens (tertiary/aromatic N) is 6. The van der Waals surface area contributed by atoms with Gasteiger partial charge in [0.05, 0.1) is 22.7 Å². The fraction of sp³-hybridized carbons (Fsp3) is 0. The van der Waals surface area contributed by atoms with Crippen LogP contribution in [0.1, 0.15) is 0 Å². The Morgan fingerprint density at radius 1 is 0.425 bits per heavy atom. The molecule has 0 amide bonds. The van der Waals surface area contributed by atoms with Gasteiger partial charge in [-0.05, 0) is 11.5 Å². The lowest BCUT2D eigenvalue weighted by molar-refractivity contribution is 1.07. The highest BCUT2D eigenvalue weighted by atomic mass is 15.0. The lowest BCUT2D eigenvalue weighted by Crippen LogP contribution is -2.02. The van der Waals surface area contributed by atoms with Gasteiger partial charge in [-0.2, -0.15) is 0 Å². The van der Waals surface area contributed by atoms with Crippen LogP contribution in [0, 0.1) is 0 Å². The summed E-state index contributed by atoms with van der Waals surface area (Å²) in [5.74, 6) is 1.72. The van der Waals surface area contributed by atoms with E-state index in [4.69, 9.17) is 24.9 Å². The molecule has 0 aliphatic carbocycles. The van der Waals surface area contributed by atoms with Crippen molar-refractivity contribution in [3.8, 4) is 34.3 Å². The minimum Gasteiger partial charge on any atom is -0.254 e. The van der Waals surface area contributed by atoms with E-state index in [1.54, 1.807) is 0 Å². The highest BCUT2D eigenvalue weighted by molar-refractivity contribution is 6.23. The molecule has 0 N–H and O–H groups in total. The van der Waals surface area contributed by atoms with Crippen LogP contribution in [0.4, 0.5) is 0 Å². The molecule has 4 aromatic heterocycles. The highest BCUT2D eigenvalue weighted by Gasteiger charge is 2.18. The van der Waals surface area contributed by atoms with Gasteiger partial charge in [0.25, 0.3) is 0 Å². The van der Waals surface area contributed by atoms with Crippen LogP contribution in [0.25, 0.3) is 77.8 Å². The molecule has 4 aromatic carbocycles. The summed E-state index contributed by atoms with van der Waals surface area (Å²) < 4.78 is 0. The first-order chi connectivity index (χ1) is 19.8. The second-order valence-electron chi connectivity index (χ2n) is 9.60. The van der Waals surface area contributed by atoms with Gasteiger partial charge in [-0.25, -0.2) is 19.9 Å². The number of pyridine rings is 3. The summed E-state index contributed by atoms with van der Waals surface area (Å²) in [5, 5.41) is 5.14. The van der Waals surface area contributed by atoms with Crippen molar-refractivity contribution < 1.29 is 0 Å². The van der Waals surface area contributed by atoms with Crippen molar-refractivity contribution in [3.63, 3.8) is 0 Å². The molecule has 0 aliphatic rings. The summed E-state index contributed by atoms with van der Waals surface area (Å²) >= 11 is 0. The molecule has 8 rings (SSSR count). The van der Waals surface area contributed by atoms with Gasteiger partial charge in [0.2, 0.25) is 0 Å². The molecule has 0 fully saturated rings. The van der Waals surface area contributed by atoms with Crippen LogP contribution in [-0.4, -0.2) is 29.9 Å². The van der Waals surface area contributed by atoms with Crippen molar-refractivity contribution in [3.05, 3.63) is 122 Å². The Bertz CT molecular complexity index is 2160. The topological polar surface area (TPSA) is 77.3 Å². The van der Waals surface area contributed by atoms with E-state index >= 15 is 0 Å². The summed E-state index contributed by atoms with van der Waals surface area (Å²) in [5.41, 5.74) is 5.05. The molecule has 8 aromatic rings. The summed E-state index contributed by atoms with van der Waals surface area (Å²) in [6.45, 7) is 0. The van der Waals surface area contributed by atoms with Crippen LogP contribution in [0.3, 0.4) is 0 Å². The molecule has 0 saturated heterocycles. The molecule has 0 radical (unpaired) electrons. The van der Waals surface area contributed by atoms with Crippen LogP contribution >= 0.6 is 0 Å². The zero-order valence-electron chi connectivity index (χ0n) is 21.2. The molecule has 0 spiro atoms. The number of rotatable bonds is 3. The molecule has 4 heterocycles. The molecular weight excluding hydrogens is 492 g/mol. The van der Waals surface area contributed by atoms with E-state index in [9.17, 15) is 0 Å². The van der Waals surface area contributed by atoms with E-state index in [2.05, 4.69) is 41.4 Å². The first kappa shape index (κ1) is 22.4. The van der Waals surface area contributed by atoms with Gasteiger partial charge in [0.15, 0.2) is 17.5 Å². The monoisotopic (exact) mass is 512 g/mol. The molecule has 40 heavy (non-hydrogen) atoms. The van der Waals surface area contributed by atoms with Crippen molar-refractivity contribution in [2.75, 3.05) is 0 Å². The van der Waals surface area contributed by atoms with Crippen LogP contribution in [0.15, 0.2) is 122 Å². The van der Waals surface area contributed by atoms with E-state index < -0.39 is 0 Å². The largest absolute Gasteiger partial charge is 0.254 e. The average Bonchev–Trinajstić information content (AvgIpc) is 3.04. The van der Waals surface area contributed by atoms with E-state index in [1.165, 1.54) is 0 Å². The van der Waals surface area contributed by atoms with Crippen LogP contribution in [0.5, 0.6) is 0 Å². The number of hydrogen-bond donors (Lipinski definition) is 0. The molecule has 6 nitrogen and oxygen atoms in total. The third-order valence-electron chi connectivity index (χ3n) is 7.18. The zero-order chi connectivity index (χ0) is 26.5. The maximum absolute atomic E-state index is 5.14. The summed E-state index contributed by atoms with van der Waals surface area (Å²) in [6, 6.07) is 36.4. The Kier molecular flexibility index (Phi) is 5.03. The number of benzene rings is 4. The number of aromatic nitrogens is 6. The van der Waals surface area contributed by atoms with E-state index in [0.717, 1.165) is 54.6 Å². The van der Waals surface area contributed by atoms with E-state index in [0.29, 0.717) is 23.2 Å². The van der Waals surface area contributed by atoms with Crippen molar-refractivity contribution >= 4 is 43.5 Å². The maximum atomic E-state index is 5.14. The van der Waals surface area contributed by atoms with E-state index in [-0.39, 0.29) is 0 Å². The van der Waals surface area contributed by atoms with Gasteiger partial charge in [0, 0.05) is 38.9 Å². The SMILES string of the molecule is c1ccc(-c2nc(-c3ccccc3)nc(-c3nc4cnc5c(ccc6cccnc65)c4c4ccccc34)n2)cc1. The van der Waals surface area contributed by atoms with Crippen molar-refractivity contribution in [2.45, 2.75) is 0 Å². The minimum atomic E-state index is 0.520. The zero-order valence-corrected chi connectivity index (χ0v) is 21.2. The Hall–Kier alpha value is -5.62. The normalized spacial score (nSPS) is 11.5. The molecular formula is C34H20N6. The standard InChI is InChI=1S/C34H20N6/c1-3-10-22(11-4-1)32-38-33(23-12-5-2-6-13-23)40-34(39-32)31-25-16-8-7-15-24(25)28-26-18-17-21-14-9-19-35-29(21)30(26)36-20-27(28)37-31/h1-20H. The van der Waals surface area contributed by atoms with Gasteiger partial charge < -0.3 is 0 Å². The second-order valence-corrected chi connectivity index (χ2v) is 9.60. The average molecular weight is 513 g/mol. The van der Waals surface area contributed by atoms with Gasteiger partial charge in [-0.3, -0.25) is 9.97 Å². The smallest absolute Gasteiger partial charge is 0.183 e. The van der Waals surface area contributed by atoms with E-state index in [1.807, 2.05) is 85.2 Å². The minimum absolute atomic E-state index is 0.520. The maximum Gasteiger partial charge on any atom is 0.183 e. The fourth-order valence-corrected chi connectivity index (χ4v) is 5.33. The Morgan fingerprint density at radius 2 is 1.07 bits per heavy atom. The first-order valence-corrected chi connectivity index (χ1v) is 13.1. The summed E-state index contributed by atoms with van der Waals surface area (Å²) in [4.78, 5) is 29.3. The summed E-state index contributed by atoms with van der Waals surface area (Å²) in [6.07, 6.45) is 3.64. The van der Waals surface area contributed by atoms with Crippen LogP contribution in [0.2, 0.25) is 0 Å². The van der Waals surface area contributed by atoms with Crippen molar-refractivity contribution in [2.24, 2.45) is 0 Å². The second kappa shape index (κ2) is 8.99. The lowest BCUT2D eigenvalue weighted by atomic mass is 9.99. The number of fused-ring (bicyclic) bond motifs is 7. The van der Waals surface area contributed by atoms with Gasteiger partial charge >= 0.3 is 0 Å². The molecule has 0 unspecified atom stereocenters. The van der Waals surface area contributed by atoms with Crippen LogP contribution in [-0.2, 0) is 0 Å². The molecule has 0 bridgehead atoms. The third kappa shape index (κ3) is 3.58. The predicted octanol–water partition coefficient (Wildman–Crippen LogP) is 7.67. The third-order valence-corrected chi connectivity index (χ3v) is 7.18.